The van der Waals surface area contributed by atoms with E-state index in [0.29, 0.717) is 28.0 Å². The number of rotatable bonds is 12. The number of amides is 1. The fourth-order valence-corrected chi connectivity index (χ4v) is 7.28. The number of hydrogen-bond donors (Lipinski definition) is 1. The molecule has 5 rings (SSSR count). The standard InChI is InChI=1S/C35H43ClN2O8/c1-6-20-17-35(20,33(42)43)18-27(39)26-15-22(46-31-24-11-12-28(44-5)30(36)23(24)13-14-37-31)19-38(26)32(41)25(34(2,3)4)16-29(40)45-21-9-7-8-10-21/h6,11-14,20-22,25-26H,1,7-10,15-19H2,2-5H3,(H,42,43)/t20-,22-,25-,26+,35-/m1/s1. The summed E-state index contributed by atoms with van der Waals surface area (Å²) in [5.74, 6) is -2.50. The van der Waals surface area contributed by atoms with Crippen molar-refractivity contribution in [1.82, 2.24) is 9.88 Å². The van der Waals surface area contributed by atoms with Crippen molar-refractivity contribution in [1.29, 1.82) is 0 Å². The zero-order chi connectivity index (χ0) is 33.4. The Labute approximate surface area is 274 Å². The number of methoxy groups -OCH3 is 1. The van der Waals surface area contributed by atoms with Gasteiger partial charge in [-0.1, -0.05) is 38.4 Å². The molecule has 2 heterocycles. The number of carbonyl (C=O) groups is 4. The number of halogens is 1. The fraction of sp³-hybridized carbons (Fsp3) is 0.571. The summed E-state index contributed by atoms with van der Waals surface area (Å²) in [6.45, 7) is 9.45. The lowest BCUT2D eigenvalue weighted by molar-refractivity contribution is -0.156. The van der Waals surface area contributed by atoms with Crippen molar-refractivity contribution in [3.8, 4) is 11.6 Å². The van der Waals surface area contributed by atoms with Gasteiger partial charge in [0.25, 0.3) is 0 Å². The van der Waals surface area contributed by atoms with Crippen LogP contribution < -0.4 is 9.47 Å². The van der Waals surface area contributed by atoms with Crippen LogP contribution in [-0.4, -0.2) is 70.5 Å². The molecular formula is C35H43ClN2O8. The van der Waals surface area contributed by atoms with E-state index in [1.165, 1.54) is 12.0 Å². The Bertz CT molecular complexity index is 1530. The number of allylic oxidation sites excluding steroid dienone is 1. The number of benzene rings is 1. The van der Waals surface area contributed by atoms with Crippen molar-refractivity contribution >= 4 is 46.0 Å². The molecule has 10 nitrogen and oxygen atoms in total. The highest BCUT2D eigenvalue weighted by Gasteiger charge is 2.61. The summed E-state index contributed by atoms with van der Waals surface area (Å²) in [5.41, 5.74) is -1.86. The van der Waals surface area contributed by atoms with E-state index in [1.54, 1.807) is 30.5 Å². The van der Waals surface area contributed by atoms with Crippen LogP contribution in [0.15, 0.2) is 37.1 Å². The molecule has 1 N–H and O–H groups in total. The number of pyridine rings is 1. The van der Waals surface area contributed by atoms with Gasteiger partial charge in [-0.05, 0) is 61.6 Å². The van der Waals surface area contributed by atoms with E-state index in [4.69, 9.17) is 25.8 Å². The second-order valence-electron chi connectivity index (χ2n) is 13.9. The van der Waals surface area contributed by atoms with Gasteiger partial charge in [-0.15, -0.1) is 6.58 Å². The third-order valence-corrected chi connectivity index (χ3v) is 10.3. The van der Waals surface area contributed by atoms with Crippen LogP contribution in [0.2, 0.25) is 5.02 Å². The number of nitrogens with zero attached hydrogens (tertiary/aromatic N) is 2. The predicted octanol–water partition coefficient (Wildman–Crippen LogP) is 6.02. The molecule has 1 amide bonds. The number of likely N-dealkylation sites (tertiary alicyclic amines) is 1. The molecule has 248 valence electrons. The summed E-state index contributed by atoms with van der Waals surface area (Å²) in [6.07, 6.45) is 6.14. The largest absolute Gasteiger partial charge is 0.495 e. The van der Waals surface area contributed by atoms with Gasteiger partial charge in [0.05, 0.1) is 42.5 Å². The molecule has 2 aromatic rings. The maximum Gasteiger partial charge on any atom is 0.310 e. The highest BCUT2D eigenvalue weighted by atomic mass is 35.5. The lowest BCUT2D eigenvalue weighted by Gasteiger charge is -2.35. The minimum atomic E-state index is -1.23. The van der Waals surface area contributed by atoms with Gasteiger partial charge in [-0.2, -0.15) is 0 Å². The van der Waals surface area contributed by atoms with E-state index in [1.807, 2.05) is 20.8 Å². The first kappa shape index (κ1) is 33.7. The predicted molar refractivity (Wildman–Crippen MR) is 172 cm³/mol. The van der Waals surface area contributed by atoms with Crippen LogP contribution in [0.1, 0.15) is 72.1 Å². The van der Waals surface area contributed by atoms with E-state index in [9.17, 15) is 24.3 Å². The van der Waals surface area contributed by atoms with Crippen LogP contribution in [0.25, 0.3) is 10.8 Å². The number of esters is 1. The Morgan fingerprint density at radius 3 is 2.48 bits per heavy atom. The Morgan fingerprint density at radius 1 is 1.15 bits per heavy atom. The van der Waals surface area contributed by atoms with Gasteiger partial charge in [0.15, 0.2) is 5.78 Å². The zero-order valence-electron chi connectivity index (χ0n) is 26.9. The molecule has 0 bridgehead atoms. The van der Waals surface area contributed by atoms with Crippen molar-refractivity contribution in [3.63, 3.8) is 0 Å². The quantitative estimate of drug-likeness (QED) is 0.215. The number of aromatic nitrogens is 1. The first-order chi connectivity index (χ1) is 21.8. The summed E-state index contributed by atoms with van der Waals surface area (Å²) in [5, 5.41) is 11.7. The van der Waals surface area contributed by atoms with Crippen LogP contribution in [-0.2, 0) is 23.9 Å². The topological polar surface area (TPSA) is 132 Å². The number of aliphatic carboxylic acids is 1. The summed E-state index contributed by atoms with van der Waals surface area (Å²) < 4.78 is 17.4. The molecule has 5 atom stereocenters. The number of hydrogen-bond acceptors (Lipinski definition) is 8. The zero-order valence-corrected chi connectivity index (χ0v) is 27.7. The second-order valence-corrected chi connectivity index (χ2v) is 14.3. The van der Waals surface area contributed by atoms with Gasteiger partial charge >= 0.3 is 11.9 Å². The van der Waals surface area contributed by atoms with Crippen LogP contribution in [0.4, 0.5) is 0 Å². The Balaban J connectivity index is 1.42. The van der Waals surface area contributed by atoms with E-state index >= 15 is 0 Å². The molecule has 0 spiro atoms. The smallest absolute Gasteiger partial charge is 0.310 e. The Morgan fingerprint density at radius 2 is 1.87 bits per heavy atom. The molecular weight excluding hydrogens is 612 g/mol. The molecule has 1 saturated heterocycles. The van der Waals surface area contributed by atoms with E-state index in [2.05, 4.69) is 11.6 Å². The maximum absolute atomic E-state index is 14.4. The fourth-order valence-electron chi connectivity index (χ4n) is 6.98. The van der Waals surface area contributed by atoms with Gasteiger partial charge in [-0.25, -0.2) is 4.98 Å². The van der Waals surface area contributed by atoms with Gasteiger partial charge in [0.2, 0.25) is 11.8 Å². The number of carbonyl (C=O) groups excluding carboxylic acids is 3. The van der Waals surface area contributed by atoms with Crippen LogP contribution in [0.3, 0.4) is 0 Å². The van der Waals surface area contributed by atoms with E-state index in [-0.39, 0.29) is 55.4 Å². The minimum absolute atomic E-state index is 0.0619. The van der Waals surface area contributed by atoms with E-state index < -0.39 is 40.8 Å². The van der Waals surface area contributed by atoms with Gasteiger partial charge in [-0.3, -0.25) is 19.2 Å². The molecule has 46 heavy (non-hydrogen) atoms. The summed E-state index contributed by atoms with van der Waals surface area (Å²) in [4.78, 5) is 59.5. The molecule has 0 radical (unpaired) electrons. The molecule has 3 aliphatic rings. The normalized spacial score (nSPS) is 25.2. The maximum atomic E-state index is 14.4. The highest BCUT2D eigenvalue weighted by molar-refractivity contribution is 6.37. The van der Waals surface area contributed by atoms with Crippen molar-refractivity contribution in [2.45, 2.75) is 90.4 Å². The van der Waals surface area contributed by atoms with Crippen LogP contribution in [0.5, 0.6) is 11.6 Å². The van der Waals surface area contributed by atoms with Crippen LogP contribution in [0, 0.1) is 22.7 Å². The summed E-state index contributed by atoms with van der Waals surface area (Å²) in [6, 6.07) is 4.31. The molecule has 0 unspecified atom stereocenters. The van der Waals surface area contributed by atoms with Gasteiger partial charge < -0.3 is 24.2 Å². The number of carboxylic acid groups (broad SMARTS) is 1. The third kappa shape index (κ3) is 6.73. The number of Topliss-reactive ketones (excluding diaryl/α,β-unsaturated/α-hetero) is 1. The van der Waals surface area contributed by atoms with Crippen molar-refractivity contribution in [3.05, 3.63) is 42.1 Å². The summed E-state index contributed by atoms with van der Waals surface area (Å²) in [7, 11) is 1.53. The average molecular weight is 655 g/mol. The molecule has 11 heteroatoms. The monoisotopic (exact) mass is 654 g/mol. The number of ketones is 1. The lowest BCUT2D eigenvalue weighted by atomic mass is 9.77. The SMILES string of the molecule is C=C[C@@H]1C[C@]1(CC(=O)[C@@H]1C[C@@H](Oc2nccc3c(Cl)c(OC)ccc23)CN1C(=O)[C@@H](CC(=O)OC1CCCC1)C(C)(C)C)C(=O)O. The van der Waals surface area contributed by atoms with Crippen molar-refractivity contribution < 1.29 is 38.5 Å². The lowest BCUT2D eigenvalue weighted by Crippen LogP contribution is -2.48. The number of ether oxygens (including phenoxy) is 3. The first-order valence-corrected chi connectivity index (χ1v) is 16.3. The number of carboxylic acids is 1. The molecule has 1 aromatic carbocycles. The van der Waals surface area contributed by atoms with Crippen molar-refractivity contribution in [2.24, 2.45) is 22.7 Å². The average Bonchev–Trinajstić information content (AvgIpc) is 3.28. The Kier molecular flexibility index (Phi) is 9.68. The van der Waals surface area contributed by atoms with Crippen LogP contribution >= 0.6 is 11.6 Å². The number of fused-ring (bicyclic) bond motifs is 1. The van der Waals surface area contributed by atoms with Gasteiger partial charge in [0, 0.05) is 29.8 Å². The molecule has 1 aliphatic heterocycles. The molecule has 2 aliphatic carbocycles. The first-order valence-electron chi connectivity index (χ1n) is 16.0. The van der Waals surface area contributed by atoms with E-state index in [0.717, 1.165) is 25.7 Å². The third-order valence-electron chi connectivity index (χ3n) is 9.87. The highest BCUT2D eigenvalue weighted by Crippen LogP contribution is 2.56. The molecule has 2 saturated carbocycles. The Hall–Kier alpha value is -3.66. The van der Waals surface area contributed by atoms with Crippen molar-refractivity contribution in [2.75, 3.05) is 13.7 Å². The molecule has 1 aromatic heterocycles. The second kappa shape index (κ2) is 13.2. The molecule has 3 fully saturated rings. The summed E-state index contributed by atoms with van der Waals surface area (Å²) >= 11 is 6.55. The van der Waals surface area contributed by atoms with Gasteiger partial charge in [0.1, 0.15) is 18.0 Å². The minimum Gasteiger partial charge on any atom is -0.495 e.